The molecule has 3 heterocycles. The van der Waals surface area contributed by atoms with Gasteiger partial charge in [-0.15, -0.1) is 5.10 Å². The number of rotatable bonds is 5. The average Bonchev–Trinajstić information content (AvgIpc) is 3.21. The van der Waals surface area contributed by atoms with Gasteiger partial charge in [0, 0.05) is 24.9 Å². The summed E-state index contributed by atoms with van der Waals surface area (Å²) in [7, 11) is 1.55. The third-order valence-corrected chi connectivity index (χ3v) is 4.48. The number of aromatic nitrogens is 3. The molecule has 1 aliphatic heterocycles. The summed E-state index contributed by atoms with van der Waals surface area (Å²) in [6.07, 6.45) is 1.54. The van der Waals surface area contributed by atoms with Crippen LogP contribution < -0.4 is 9.47 Å². The monoisotopic (exact) mass is 394 g/mol. The fourth-order valence-electron chi connectivity index (χ4n) is 3.03. The van der Waals surface area contributed by atoms with E-state index >= 15 is 0 Å². The number of carbonyl (C=O) groups excluding carboxylic acids is 1. The molecule has 0 unspecified atom stereocenters. The summed E-state index contributed by atoms with van der Waals surface area (Å²) in [5.41, 5.74) is 2.59. The van der Waals surface area contributed by atoms with Crippen molar-refractivity contribution in [3.63, 3.8) is 0 Å². The van der Waals surface area contributed by atoms with Crippen LogP contribution in [0.25, 0.3) is 0 Å². The maximum absolute atomic E-state index is 12.7. The number of carbonyl (C=O) groups is 1. The SMILES string of the molecule is CC.COc1ccc(C(=O)N2CCn3nc(OCc4ccccc4)cc3C2)cn1. The summed E-state index contributed by atoms with van der Waals surface area (Å²) in [5, 5.41) is 4.48. The quantitative estimate of drug-likeness (QED) is 0.662. The van der Waals surface area contributed by atoms with Crippen molar-refractivity contribution in [3.05, 3.63) is 71.5 Å². The second-order valence-electron chi connectivity index (χ2n) is 6.29. The van der Waals surface area contributed by atoms with Gasteiger partial charge >= 0.3 is 0 Å². The molecular weight excluding hydrogens is 368 g/mol. The van der Waals surface area contributed by atoms with Gasteiger partial charge in [-0.05, 0) is 11.6 Å². The van der Waals surface area contributed by atoms with Crippen LogP contribution in [0.15, 0.2) is 54.7 Å². The van der Waals surface area contributed by atoms with E-state index in [0.29, 0.717) is 43.6 Å². The summed E-state index contributed by atoms with van der Waals surface area (Å²) in [6, 6.07) is 15.3. The molecule has 0 saturated heterocycles. The number of ether oxygens (including phenoxy) is 2. The normalized spacial score (nSPS) is 12.4. The number of nitrogens with zero attached hydrogens (tertiary/aromatic N) is 4. The number of hydrogen-bond acceptors (Lipinski definition) is 5. The second-order valence-corrected chi connectivity index (χ2v) is 6.29. The first-order valence-electron chi connectivity index (χ1n) is 9.76. The number of methoxy groups -OCH3 is 1. The van der Waals surface area contributed by atoms with E-state index in [0.717, 1.165) is 11.3 Å². The molecule has 0 radical (unpaired) electrons. The highest BCUT2D eigenvalue weighted by molar-refractivity contribution is 5.94. The van der Waals surface area contributed by atoms with Crippen molar-refractivity contribution in [1.82, 2.24) is 19.7 Å². The first kappa shape index (κ1) is 20.4. The lowest BCUT2D eigenvalue weighted by Crippen LogP contribution is -2.38. The van der Waals surface area contributed by atoms with Crippen LogP contribution in [0.1, 0.15) is 35.5 Å². The summed E-state index contributed by atoms with van der Waals surface area (Å²) >= 11 is 0. The average molecular weight is 394 g/mol. The molecule has 152 valence electrons. The lowest BCUT2D eigenvalue weighted by Gasteiger charge is -2.27. The maximum Gasteiger partial charge on any atom is 0.255 e. The van der Waals surface area contributed by atoms with E-state index < -0.39 is 0 Å². The highest BCUT2D eigenvalue weighted by Gasteiger charge is 2.24. The smallest absolute Gasteiger partial charge is 0.255 e. The molecule has 2 aromatic heterocycles. The first-order chi connectivity index (χ1) is 14.2. The van der Waals surface area contributed by atoms with Gasteiger partial charge in [-0.3, -0.25) is 9.48 Å². The molecule has 7 nitrogen and oxygen atoms in total. The third kappa shape index (κ3) is 4.93. The van der Waals surface area contributed by atoms with E-state index in [2.05, 4.69) is 10.1 Å². The van der Waals surface area contributed by atoms with Crippen molar-refractivity contribution < 1.29 is 14.3 Å². The fourth-order valence-corrected chi connectivity index (χ4v) is 3.03. The van der Waals surface area contributed by atoms with Gasteiger partial charge in [-0.1, -0.05) is 44.2 Å². The minimum atomic E-state index is -0.0515. The van der Waals surface area contributed by atoms with Crippen LogP contribution in [0.2, 0.25) is 0 Å². The molecule has 1 aliphatic rings. The summed E-state index contributed by atoms with van der Waals surface area (Å²) in [6.45, 7) is 6.20. The van der Waals surface area contributed by atoms with Crippen LogP contribution in [0.5, 0.6) is 11.8 Å². The van der Waals surface area contributed by atoms with Gasteiger partial charge in [0.05, 0.1) is 31.5 Å². The van der Waals surface area contributed by atoms with Crippen LogP contribution in [0.4, 0.5) is 0 Å². The molecule has 0 saturated carbocycles. The molecule has 1 amide bonds. The molecule has 0 N–H and O–H groups in total. The van der Waals surface area contributed by atoms with E-state index in [4.69, 9.17) is 9.47 Å². The highest BCUT2D eigenvalue weighted by atomic mass is 16.5. The Kier molecular flexibility index (Phi) is 6.84. The Bertz CT molecular complexity index is 923. The van der Waals surface area contributed by atoms with Crippen molar-refractivity contribution in [2.75, 3.05) is 13.7 Å². The van der Waals surface area contributed by atoms with Gasteiger partial charge in [0.2, 0.25) is 11.8 Å². The maximum atomic E-state index is 12.7. The summed E-state index contributed by atoms with van der Waals surface area (Å²) < 4.78 is 12.7. The minimum Gasteiger partial charge on any atom is -0.481 e. The van der Waals surface area contributed by atoms with Gasteiger partial charge in [-0.2, -0.15) is 0 Å². The molecule has 0 fully saturated rings. The van der Waals surface area contributed by atoms with Crippen molar-refractivity contribution in [1.29, 1.82) is 0 Å². The Labute approximate surface area is 170 Å². The Hall–Kier alpha value is -3.35. The zero-order chi connectivity index (χ0) is 20.6. The second kappa shape index (κ2) is 9.73. The topological polar surface area (TPSA) is 69.5 Å². The summed E-state index contributed by atoms with van der Waals surface area (Å²) in [5.74, 6) is 1.02. The van der Waals surface area contributed by atoms with Crippen LogP contribution in [0, 0.1) is 0 Å². The third-order valence-electron chi connectivity index (χ3n) is 4.48. The minimum absolute atomic E-state index is 0.0515. The van der Waals surface area contributed by atoms with Gasteiger partial charge in [0.1, 0.15) is 6.61 Å². The van der Waals surface area contributed by atoms with Crippen LogP contribution in [-0.2, 0) is 19.7 Å². The molecule has 0 spiro atoms. The van der Waals surface area contributed by atoms with Crippen LogP contribution >= 0.6 is 0 Å². The fraction of sp³-hybridized carbons (Fsp3) is 0.318. The zero-order valence-electron chi connectivity index (χ0n) is 17.0. The van der Waals surface area contributed by atoms with Gasteiger partial charge < -0.3 is 14.4 Å². The molecule has 29 heavy (non-hydrogen) atoms. The molecular formula is C22H26N4O3. The van der Waals surface area contributed by atoms with Crippen molar-refractivity contribution in [3.8, 4) is 11.8 Å². The number of amides is 1. The largest absolute Gasteiger partial charge is 0.481 e. The lowest BCUT2D eigenvalue weighted by atomic mass is 10.2. The Morgan fingerprint density at radius 1 is 1.07 bits per heavy atom. The van der Waals surface area contributed by atoms with Crippen molar-refractivity contribution >= 4 is 5.91 Å². The van der Waals surface area contributed by atoms with Gasteiger partial charge in [0.15, 0.2) is 0 Å². The number of fused-ring (bicyclic) bond motifs is 1. The van der Waals surface area contributed by atoms with Crippen LogP contribution in [-0.4, -0.2) is 39.2 Å². The molecule has 0 atom stereocenters. The van der Waals surface area contributed by atoms with E-state index in [1.807, 2.05) is 54.9 Å². The predicted octanol–water partition coefficient (Wildman–Crippen LogP) is 3.55. The van der Waals surface area contributed by atoms with Gasteiger partial charge in [0.25, 0.3) is 5.91 Å². The van der Waals surface area contributed by atoms with E-state index in [1.165, 1.54) is 0 Å². The molecule has 1 aromatic carbocycles. The Morgan fingerprint density at radius 2 is 1.86 bits per heavy atom. The Morgan fingerprint density at radius 3 is 2.55 bits per heavy atom. The van der Waals surface area contributed by atoms with E-state index in [1.54, 1.807) is 30.3 Å². The molecule has 0 aliphatic carbocycles. The standard InChI is InChI=1S/C20H20N4O3.C2H6/c1-26-18-8-7-16(12-21-18)20(25)23-9-10-24-17(13-23)11-19(22-24)27-14-15-5-3-2-4-6-15;1-2/h2-8,11-12H,9-10,13-14H2,1H3;1-2H3. The van der Waals surface area contributed by atoms with Crippen molar-refractivity contribution in [2.45, 2.75) is 33.5 Å². The molecule has 3 aromatic rings. The predicted molar refractivity (Wildman–Crippen MR) is 110 cm³/mol. The first-order valence-corrected chi connectivity index (χ1v) is 9.76. The van der Waals surface area contributed by atoms with E-state index in [-0.39, 0.29) is 5.91 Å². The number of hydrogen-bond donors (Lipinski definition) is 0. The van der Waals surface area contributed by atoms with Gasteiger partial charge in [-0.25, -0.2) is 4.98 Å². The van der Waals surface area contributed by atoms with E-state index in [9.17, 15) is 4.79 Å². The van der Waals surface area contributed by atoms with Crippen LogP contribution in [0.3, 0.4) is 0 Å². The zero-order valence-corrected chi connectivity index (χ0v) is 17.0. The lowest BCUT2D eigenvalue weighted by molar-refractivity contribution is 0.0705. The molecule has 4 rings (SSSR count). The molecule has 7 heteroatoms. The Balaban J connectivity index is 0.00000117. The number of pyridine rings is 1. The van der Waals surface area contributed by atoms with Crippen molar-refractivity contribution in [2.24, 2.45) is 0 Å². The molecule has 0 bridgehead atoms. The highest BCUT2D eigenvalue weighted by Crippen LogP contribution is 2.20. The number of benzene rings is 1. The summed E-state index contributed by atoms with van der Waals surface area (Å²) in [4.78, 5) is 18.6.